The lowest BCUT2D eigenvalue weighted by atomic mass is 10.1. The average Bonchev–Trinajstić information content (AvgIpc) is 3.17. The van der Waals surface area contributed by atoms with Crippen LogP contribution in [-0.2, 0) is 0 Å². The van der Waals surface area contributed by atoms with E-state index in [4.69, 9.17) is 0 Å². The molecule has 1 aliphatic rings. The van der Waals surface area contributed by atoms with Gasteiger partial charge in [0.25, 0.3) is 0 Å². The second-order valence-corrected chi connectivity index (χ2v) is 3.65. The van der Waals surface area contributed by atoms with E-state index in [1.165, 1.54) is 18.4 Å². The molecule has 1 aliphatic carbocycles. The molecule has 0 aromatic heterocycles. The Balaban J connectivity index is 0.000000283. The summed E-state index contributed by atoms with van der Waals surface area (Å²) in [5.74, 6) is 0.909. The Morgan fingerprint density at radius 1 is 1.06 bits per heavy atom. The summed E-state index contributed by atoms with van der Waals surface area (Å²) in [6.45, 7) is 5.08. The molecule has 0 atom stereocenters. The van der Waals surface area contributed by atoms with Gasteiger partial charge in [0.05, 0.1) is 0 Å². The molecule has 0 N–H and O–H groups in total. The first-order valence-corrected chi connectivity index (χ1v) is 6.14. The van der Waals surface area contributed by atoms with Crippen molar-refractivity contribution in [3.63, 3.8) is 0 Å². The standard InChI is InChI=1S/C9H10.C3H5F3.C2H6/c1-2-4-8(5-3-1)9-6-7-9;1-2-3(4,5)6;1-2/h1-5,9H,6-7H2;2H2,1H3;1-2H3. The Hall–Kier alpha value is -0.990. The summed E-state index contributed by atoms with van der Waals surface area (Å²) in [5.41, 5.74) is 1.53. The molecule has 98 valence electrons. The average molecular weight is 246 g/mol. The normalized spacial score (nSPS) is 14.0. The van der Waals surface area contributed by atoms with Crippen LogP contribution in [0.1, 0.15) is 51.5 Å². The van der Waals surface area contributed by atoms with Crippen molar-refractivity contribution >= 4 is 0 Å². The van der Waals surface area contributed by atoms with E-state index in [9.17, 15) is 13.2 Å². The summed E-state index contributed by atoms with van der Waals surface area (Å²) < 4.78 is 32.4. The van der Waals surface area contributed by atoms with Gasteiger partial charge in [0.1, 0.15) is 0 Å². The van der Waals surface area contributed by atoms with E-state index in [2.05, 4.69) is 30.3 Å². The monoisotopic (exact) mass is 246 g/mol. The van der Waals surface area contributed by atoms with E-state index < -0.39 is 12.6 Å². The van der Waals surface area contributed by atoms with Gasteiger partial charge in [0.2, 0.25) is 0 Å². The molecule has 2 rings (SSSR count). The molecule has 0 saturated heterocycles. The van der Waals surface area contributed by atoms with Crippen LogP contribution in [0.2, 0.25) is 0 Å². The number of halogens is 3. The summed E-state index contributed by atoms with van der Waals surface area (Å²) in [7, 11) is 0. The first-order valence-electron chi connectivity index (χ1n) is 6.14. The highest BCUT2D eigenvalue weighted by Gasteiger charge is 2.22. The second-order valence-electron chi connectivity index (χ2n) is 3.65. The maximum atomic E-state index is 10.8. The second kappa shape index (κ2) is 8.15. The van der Waals surface area contributed by atoms with Crippen molar-refractivity contribution in [1.29, 1.82) is 0 Å². The van der Waals surface area contributed by atoms with Crippen molar-refractivity contribution in [2.24, 2.45) is 0 Å². The number of rotatable bonds is 1. The highest BCUT2D eigenvalue weighted by molar-refractivity contribution is 5.22. The Kier molecular flexibility index (Phi) is 7.68. The van der Waals surface area contributed by atoms with Crippen molar-refractivity contribution < 1.29 is 13.2 Å². The highest BCUT2D eigenvalue weighted by Crippen LogP contribution is 2.39. The molecule has 17 heavy (non-hydrogen) atoms. The van der Waals surface area contributed by atoms with Crippen LogP contribution in [0.25, 0.3) is 0 Å². The summed E-state index contributed by atoms with van der Waals surface area (Å²) in [5, 5.41) is 0. The third-order valence-corrected chi connectivity index (χ3v) is 2.25. The third-order valence-electron chi connectivity index (χ3n) is 2.25. The summed E-state index contributed by atoms with van der Waals surface area (Å²) in [6, 6.07) is 10.8. The van der Waals surface area contributed by atoms with Gasteiger partial charge < -0.3 is 0 Å². The maximum Gasteiger partial charge on any atom is 0.388 e. The molecule has 0 radical (unpaired) electrons. The first-order chi connectivity index (χ1) is 8.03. The van der Waals surface area contributed by atoms with Gasteiger partial charge in [0.15, 0.2) is 0 Å². The van der Waals surface area contributed by atoms with Gasteiger partial charge in [0, 0.05) is 6.42 Å². The van der Waals surface area contributed by atoms with Crippen LogP contribution in [0.5, 0.6) is 0 Å². The first kappa shape index (κ1) is 16.0. The molecule has 0 nitrogen and oxygen atoms in total. The fraction of sp³-hybridized carbons (Fsp3) is 0.571. The molecule has 0 heterocycles. The molecule has 1 aromatic carbocycles. The van der Waals surface area contributed by atoms with Crippen LogP contribution >= 0.6 is 0 Å². The summed E-state index contributed by atoms with van der Waals surface area (Å²) in [4.78, 5) is 0. The minimum atomic E-state index is -3.96. The molecular formula is C14H21F3. The largest absolute Gasteiger partial charge is 0.388 e. The third kappa shape index (κ3) is 8.78. The van der Waals surface area contributed by atoms with Crippen LogP contribution in [-0.4, -0.2) is 6.18 Å². The zero-order valence-electron chi connectivity index (χ0n) is 10.7. The van der Waals surface area contributed by atoms with Crippen molar-refractivity contribution in [1.82, 2.24) is 0 Å². The van der Waals surface area contributed by atoms with Crippen molar-refractivity contribution in [3.8, 4) is 0 Å². The quantitative estimate of drug-likeness (QED) is 0.609. The molecule has 1 saturated carbocycles. The molecule has 0 amide bonds. The van der Waals surface area contributed by atoms with Crippen LogP contribution in [0, 0.1) is 0 Å². The maximum absolute atomic E-state index is 10.8. The molecule has 0 spiro atoms. The molecule has 0 unspecified atom stereocenters. The van der Waals surface area contributed by atoms with E-state index in [0.717, 1.165) is 12.8 Å². The number of benzene rings is 1. The molecular weight excluding hydrogens is 225 g/mol. The Labute approximate surface area is 102 Å². The smallest absolute Gasteiger partial charge is 0.171 e. The molecule has 0 aliphatic heterocycles. The van der Waals surface area contributed by atoms with Crippen LogP contribution in [0.15, 0.2) is 30.3 Å². The van der Waals surface area contributed by atoms with E-state index >= 15 is 0 Å². The predicted molar refractivity (Wildman–Crippen MR) is 66.1 cm³/mol. The molecule has 1 fully saturated rings. The topological polar surface area (TPSA) is 0 Å². The lowest BCUT2D eigenvalue weighted by Crippen LogP contribution is -2.02. The minimum Gasteiger partial charge on any atom is -0.171 e. The van der Waals surface area contributed by atoms with Gasteiger partial charge in [-0.25, -0.2) is 0 Å². The van der Waals surface area contributed by atoms with Gasteiger partial charge >= 0.3 is 6.18 Å². The van der Waals surface area contributed by atoms with E-state index in [-0.39, 0.29) is 0 Å². The predicted octanol–water partition coefficient (Wildman–Crippen LogP) is 5.55. The Morgan fingerprint density at radius 3 is 1.76 bits per heavy atom. The van der Waals surface area contributed by atoms with Gasteiger partial charge in [-0.15, -0.1) is 0 Å². The fourth-order valence-electron chi connectivity index (χ4n) is 1.14. The van der Waals surface area contributed by atoms with Gasteiger partial charge in [-0.1, -0.05) is 51.1 Å². The lowest BCUT2D eigenvalue weighted by molar-refractivity contribution is -0.130. The fourth-order valence-corrected chi connectivity index (χ4v) is 1.14. The molecule has 3 heteroatoms. The van der Waals surface area contributed by atoms with Crippen LogP contribution in [0.4, 0.5) is 13.2 Å². The van der Waals surface area contributed by atoms with Gasteiger partial charge in [-0.2, -0.15) is 13.2 Å². The van der Waals surface area contributed by atoms with Gasteiger partial charge in [-0.05, 0) is 24.3 Å². The van der Waals surface area contributed by atoms with Crippen LogP contribution in [0.3, 0.4) is 0 Å². The summed E-state index contributed by atoms with van der Waals surface area (Å²) >= 11 is 0. The lowest BCUT2D eigenvalue weighted by Gasteiger charge is -1.96. The van der Waals surface area contributed by atoms with Crippen molar-refractivity contribution in [3.05, 3.63) is 35.9 Å². The number of hydrogen-bond acceptors (Lipinski definition) is 0. The van der Waals surface area contributed by atoms with Crippen molar-refractivity contribution in [2.75, 3.05) is 0 Å². The molecule has 0 bridgehead atoms. The van der Waals surface area contributed by atoms with E-state index in [1.54, 1.807) is 0 Å². The highest BCUT2D eigenvalue weighted by atomic mass is 19.4. The molecule has 1 aromatic rings. The van der Waals surface area contributed by atoms with Crippen molar-refractivity contribution in [2.45, 2.75) is 52.1 Å². The SMILES string of the molecule is CC.CCC(F)(F)F.c1ccc(C2CC2)cc1. The zero-order valence-corrected chi connectivity index (χ0v) is 10.7. The summed E-state index contributed by atoms with van der Waals surface area (Å²) in [6.07, 6.45) is -1.87. The zero-order chi connectivity index (χ0) is 13.3. The Morgan fingerprint density at radius 2 is 1.47 bits per heavy atom. The number of hydrogen-bond donors (Lipinski definition) is 0. The van der Waals surface area contributed by atoms with E-state index in [1.807, 2.05) is 13.8 Å². The number of alkyl halides is 3. The minimum absolute atomic E-state index is 0.729. The van der Waals surface area contributed by atoms with E-state index in [0.29, 0.717) is 0 Å². The van der Waals surface area contributed by atoms with Gasteiger partial charge in [-0.3, -0.25) is 0 Å². The van der Waals surface area contributed by atoms with Crippen LogP contribution < -0.4 is 0 Å². The Bertz CT molecular complexity index is 273.